The molecule has 0 aliphatic carbocycles. The van der Waals surface area contributed by atoms with Crippen molar-refractivity contribution in [3.8, 4) is 5.75 Å². The van der Waals surface area contributed by atoms with Gasteiger partial charge in [-0.3, -0.25) is 4.72 Å². The number of aromatic amines is 1. The molecule has 0 spiro atoms. The Bertz CT molecular complexity index is 695. The summed E-state index contributed by atoms with van der Waals surface area (Å²) in [7, 11) is -2.14. The van der Waals surface area contributed by atoms with Crippen LogP contribution in [0.5, 0.6) is 5.75 Å². The molecule has 2 rings (SSSR count). The summed E-state index contributed by atoms with van der Waals surface area (Å²) in [4.78, 5) is 3.14. The van der Waals surface area contributed by atoms with Crippen LogP contribution in [0, 0.1) is 0 Å². The lowest BCUT2D eigenvalue weighted by atomic mass is 10.3. The van der Waals surface area contributed by atoms with E-state index >= 15 is 0 Å². The molecule has 0 unspecified atom stereocenters. The summed E-state index contributed by atoms with van der Waals surface area (Å²) in [5.41, 5.74) is 1.23. The van der Waals surface area contributed by atoms with Crippen LogP contribution in [0.3, 0.4) is 0 Å². The molecule has 0 aliphatic rings. The largest absolute Gasteiger partial charge is 0.495 e. The van der Waals surface area contributed by atoms with Gasteiger partial charge in [-0.2, -0.15) is 0 Å². The molecule has 1 aromatic carbocycles. The van der Waals surface area contributed by atoms with Crippen molar-refractivity contribution in [3.05, 3.63) is 42.2 Å². The molecule has 0 saturated carbocycles. The highest BCUT2D eigenvalue weighted by molar-refractivity contribution is 7.92. The number of methoxy groups -OCH3 is 1. The summed E-state index contributed by atoms with van der Waals surface area (Å²) in [5.74, 6) is 0.476. The average Bonchev–Trinajstić information content (AvgIpc) is 2.95. The third-order valence-electron chi connectivity index (χ3n) is 2.94. The van der Waals surface area contributed by atoms with Crippen molar-refractivity contribution in [1.29, 1.82) is 0 Å². The molecule has 2 aromatic rings. The summed E-state index contributed by atoms with van der Waals surface area (Å²) in [6.07, 6.45) is 1.48. The van der Waals surface area contributed by atoms with Gasteiger partial charge in [-0.15, -0.1) is 0 Å². The lowest BCUT2D eigenvalue weighted by Gasteiger charge is -2.10. The van der Waals surface area contributed by atoms with Crippen LogP contribution in [0.25, 0.3) is 0 Å². The molecule has 7 heteroatoms. The Labute approximate surface area is 124 Å². The molecule has 3 N–H and O–H groups in total. The fourth-order valence-corrected chi connectivity index (χ4v) is 2.96. The zero-order valence-corrected chi connectivity index (χ0v) is 12.8. The second-order valence-corrected chi connectivity index (χ2v) is 6.13. The van der Waals surface area contributed by atoms with Crippen LogP contribution in [0.1, 0.15) is 12.6 Å². The van der Waals surface area contributed by atoms with Gasteiger partial charge in [-0.1, -0.05) is 19.1 Å². The molecule has 21 heavy (non-hydrogen) atoms. The lowest BCUT2D eigenvalue weighted by Crippen LogP contribution is -2.13. The molecule has 0 fully saturated rings. The summed E-state index contributed by atoms with van der Waals surface area (Å²) in [5, 5.41) is 3.13. The third kappa shape index (κ3) is 3.77. The van der Waals surface area contributed by atoms with Gasteiger partial charge >= 0.3 is 0 Å². The van der Waals surface area contributed by atoms with Crippen LogP contribution in [0.15, 0.2) is 41.4 Å². The molecule has 1 heterocycles. The first-order valence-corrected chi connectivity index (χ1v) is 8.09. The van der Waals surface area contributed by atoms with Crippen LogP contribution >= 0.6 is 0 Å². The molecule has 0 bridgehead atoms. The van der Waals surface area contributed by atoms with Gasteiger partial charge in [0.15, 0.2) is 0 Å². The maximum Gasteiger partial charge on any atom is 0.263 e. The number of ether oxygens (including phenoxy) is 1. The number of aromatic nitrogens is 1. The molecule has 1 aromatic heterocycles. The van der Waals surface area contributed by atoms with Gasteiger partial charge in [0, 0.05) is 18.4 Å². The maximum atomic E-state index is 12.3. The van der Waals surface area contributed by atoms with Gasteiger partial charge in [0.2, 0.25) is 0 Å². The van der Waals surface area contributed by atoms with Crippen molar-refractivity contribution < 1.29 is 13.2 Å². The van der Waals surface area contributed by atoms with E-state index in [2.05, 4.69) is 15.0 Å². The van der Waals surface area contributed by atoms with Gasteiger partial charge in [0.1, 0.15) is 10.6 Å². The Hall–Kier alpha value is -1.99. The quantitative estimate of drug-likeness (QED) is 0.730. The number of hydrogen-bond donors (Lipinski definition) is 3. The van der Waals surface area contributed by atoms with Crippen molar-refractivity contribution in [2.45, 2.75) is 18.4 Å². The Balaban J connectivity index is 2.20. The van der Waals surface area contributed by atoms with Gasteiger partial charge in [0.25, 0.3) is 10.0 Å². The molecular formula is C14H19N3O3S. The Morgan fingerprint density at radius 1 is 1.29 bits per heavy atom. The molecule has 0 radical (unpaired) electrons. The van der Waals surface area contributed by atoms with Gasteiger partial charge in [-0.25, -0.2) is 8.42 Å². The van der Waals surface area contributed by atoms with Crippen molar-refractivity contribution in [3.63, 3.8) is 0 Å². The number of benzene rings is 1. The topological polar surface area (TPSA) is 83.2 Å². The van der Waals surface area contributed by atoms with Gasteiger partial charge in [-0.05, 0) is 24.7 Å². The monoisotopic (exact) mass is 309 g/mol. The van der Waals surface area contributed by atoms with E-state index < -0.39 is 10.0 Å². The molecule has 114 valence electrons. The second-order valence-electron chi connectivity index (χ2n) is 4.45. The number of hydrogen-bond acceptors (Lipinski definition) is 4. The van der Waals surface area contributed by atoms with Crippen LogP contribution in [0.4, 0.5) is 5.69 Å². The van der Waals surface area contributed by atoms with Crippen LogP contribution in [-0.2, 0) is 16.6 Å². The summed E-state index contributed by atoms with van der Waals surface area (Å²) >= 11 is 0. The lowest BCUT2D eigenvalue weighted by molar-refractivity contribution is 0.417. The second kappa shape index (κ2) is 6.64. The number of anilines is 1. The van der Waals surface area contributed by atoms with Crippen molar-refractivity contribution >= 4 is 15.7 Å². The summed E-state index contributed by atoms with van der Waals surface area (Å²) < 4.78 is 32.4. The normalized spacial score (nSPS) is 11.3. The minimum atomic E-state index is -3.64. The van der Waals surface area contributed by atoms with E-state index in [0.717, 1.165) is 12.2 Å². The number of nitrogens with one attached hydrogen (secondary N) is 3. The number of H-pyrrole nitrogens is 1. The first-order valence-electron chi connectivity index (χ1n) is 6.60. The predicted molar refractivity (Wildman–Crippen MR) is 82.0 cm³/mol. The van der Waals surface area contributed by atoms with Gasteiger partial charge < -0.3 is 15.0 Å². The van der Waals surface area contributed by atoms with Gasteiger partial charge in [0.05, 0.1) is 12.8 Å². The van der Waals surface area contributed by atoms with Crippen molar-refractivity contribution in [1.82, 2.24) is 10.3 Å². The fourth-order valence-electron chi connectivity index (χ4n) is 1.87. The number of rotatable bonds is 7. The van der Waals surface area contributed by atoms with E-state index in [9.17, 15) is 8.42 Å². The zero-order valence-electron chi connectivity index (χ0n) is 12.0. The standard InChI is InChI=1S/C14H19N3O3S/c1-3-15-9-11-8-12(10-16-11)21(18,19)17-13-6-4-5-7-14(13)20-2/h4-8,10,15-17H,3,9H2,1-2H3. The van der Waals surface area contributed by atoms with Crippen LogP contribution in [-0.4, -0.2) is 27.1 Å². The molecule has 0 saturated heterocycles. The minimum absolute atomic E-state index is 0.196. The van der Waals surface area contributed by atoms with E-state index in [1.807, 2.05) is 6.92 Å². The number of para-hydroxylation sites is 2. The smallest absolute Gasteiger partial charge is 0.263 e. The Kier molecular flexibility index (Phi) is 4.87. The summed E-state index contributed by atoms with van der Waals surface area (Å²) in [6, 6.07) is 8.49. The summed E-state index contributed by atoms with van der Waals surface area (Å²) in [6.45, 7) is 3.41. The predicted octanol–water partition coefficient (Wildman–Crippen LogP) is 1.93. The van der Waals surface area contributed by atoms with Crippen molar-refractivity contribution in [2.75, 3.05) is 18.4 Å². The highest BCUT2D eigenvalue weighted by Crippen LogP contribution is 2.26. The van der Waals surface area contributed by atoms with Crippen molar-refractivity contribution in [2.24, 2.45) is 0 Å². The zero-order chi connectivity index (χ0) is 15.3. The average molecular weight is 309 g/mol. The van der Waals surface area contributed by atoms with E-state index in [0.29, 0.717) is 18.0 Å². The highest BCUT2D eigenvalue weighted by Gasteiger charge is 2.17. The van der Waals surface area contributed by atoms with E-state index in [1.54, 1.807) is 30.3 Å². The molecule has 0 atom stereocenters. The minimum Gasteiger partial charge on any atom is -0.495 e. The molecule has 0 amide bonds. The SMILES string of the molecule is CCNCc1cc(S(=O)(=O)Nc2ccccc2OC)c[nH]1. The first-order chi connectivity index (χ1) is 10.1. The molecular weight excluding hydrogens is 290 g/mol. The fraction of sp³-hybridized carbons (Fsp3) is 0.286. The highest BCUT2D eigenvalue weighted by atomic mass is 32.2. The van der Waals surface area contributed by atoms with Crippen LogP contribution in [0.2, 0.25) is 0 Å². The van der Waals surface area contributed by atoms with Crippen LogP contribution < -0.4 is 14.8 Å². The van der Waals surface area contributed by atoms with E-state index in [4.69, 9.17) is 4.74 Å². The molecule has 0 aliphatic heterocycles. The maximum absolute atomic E-state index is 12.3. The van der Waals surface area contributed by atoms with E-state index in [-0.39, 0.29) is 4.90 Å². The van der Waals surface area contributed by atoms with E-state index in [1.165, 1.54) is 13.3 Å². The Morgan fingerprint density at radius 3 is 2.76 bits per heavy atom. The Morgan fingerprint density at radius 2 is 2.05 bits per heavy atom. The third-order valence-corrected chi connectivity index (χ3v) is 4.29. The number of sulfonamides is 1. The molecule has 6 nitrogen and oxygen atoms in total. The first kappa shape index (κ1) is 15.4.